The lowest BCUT2D eigenvalue weighted by molar-refractivity contribution is -0.172. The number of methoxy groups -OCH3 is 1. The zero-order valence-electron chi connectivity index (χ0n) is 18.9. The van der Waals surface area contributed by atoms with Gasteiger partial charge in [-0.05, 0) is 50.5 Å². The minimum atomic E-state index is -0.430. The Hall–Kier alpha value is -1.69. The van der Waals surface area contributed by atoms with E-state index in [1.54, 1.807) is 6.08 Å². The average molecular weight is 429 g/mol. The molecule has 3 unspecified atom stereocenters. The van der Waals surface area contributed by atoms with Crippen molar-refractivity contribution >= 4 is 17.7 Å². The number of fused-ring (bicyclic) bond motifs is 4. The second-order valence-corrected chi connectivity index (χ2v) is 11.5. The fraction of sp³-hybridized carbons (Fsp3) is 0.800. The third-order valence-corrected chi connectivity index (χ3v) is 10.5. The van der Waals surface area contributed by atoms with Crippen LogP contribution in [0.2, 0.25) is 0 Å². The number of esters is 2. The number of epoxide rings is 1. The van der Waals surface area contributed by atoms with Gasteiger partial charge in [0, 0.05) is 29.1 Å². The number of carbonyl (C=O) groups is 3. The molecule has 4 aliphatic carbocycles. The van der Waals surface area contributed by atoms with E-state index in [-0.39, 0.29) is 58.3 Å². The molecule has 2 aliphatic heterocycles. The Bertz CT molecular complexity index is 938. The molecule has 0 aromatic carbocycles. The molecule has 6 rings (SSSR count). The SMILES string of the molecule is COC(=O)[C@@H]1CC2=CC(=O)C(C)C[C@]2(C)[C@@]23O[C@H]2C[C@@]2(C)C(CC[C@@]24CCC(=O)O4)C13. The molecule has 9 atom stereocenters. The molecular formula is C25H32O6. The number of carbonyl (C=O) groups excluding carboxylic acids is 3. The van der Waals surface area contributed by atoms with Crippen LogP contribution < -0.4 is 0 Å². The summed E-state index contributed by atoms with van der Waals surface area (Å²) in [6.45, 7) is 6.53. The van der Waals surface area contributed by atoms with Crippen molar-refractivity contribution < 1.29 is 28.6 Å². The van der Waals surface area contributed by atoms with E-state index in [4.69, 9.17) is 14.2 Å². The molecule has 0 radical (unpaired) electrons. The van der Waals surface area contributed by atoms with Crippen LogP contribution in [0.3, 0.4) is 0 Å². The van der Waals surface area contributed by atoms with Crippen LogP contribution in [-0.2, 0) is 28.6 Å². The molecule has 0 amide bonds. The van der Waals surface area contributed by atoms with E-state index >= 15 is 0 Å². The first-order valence-corrected chi connectivity index (χ1v) is 11.8. The van der Waals surface area contributed by atoms with Gasteiger partial charge < -0.3 is 14.2 Å². The summed E-state index contributed by atoms with van der Waals surface area (Å²) in [6.07, 6.45) is 7.04. The zero-order chi connectivity index (χ0) is 22.0. The minimum Gasteiger partial charge on any atom is -0.469 e. The highest BCUT2D eigenvalue weighted by Crippen LogP contribution is 2.78. The van der Waals surface area contributed by atoms with Crippen molar-refractivity contribution in [3.63, 3.8) is 0 Å². The van der Waals surface area contributed by atoms with Crippen LogP contribution in [-0.4, -0.2) is 42.1 Å². The Kier molecular flexibility index (Phi) is 3.74. The van der Waals surface area contributed by atoms with Gasteiger partial charge in [0.2, 0.25) is 0 Å². The topological polar surface area (TPSA) is 82.2 Å². The van der Waals surface area contributed by atoms with E-state index in [0.29, 0.717) is 12.8 Å². The number of rotatable bonds is 1. The maximum absolute atomic E-state index is 13.1. The molecule has 3 saturated carbocycles. The molecule has 6 aliphatic rings. The number of ether oxygens (including phenoxy) is 3. The lowest BCUT2D eigenvalue weighted by Gasteiger charge is -2.59. The lowest BCUT2D eigenvalue weighted by Crippen LogP contribution is -2.63. The molecule has 168 valence electrons. The van der Waals surface area contributed by atoms with Crippen molar-refractivity contribution in [2.45, 2.75) is 83.0 Å². The van der Waals surface area contributed by atoms with E-state index in [2.05, 4.69) is 13.8 Å². The molecule has 0 bridgehead atoms. The Morgan fingerprint density at radius 3 is 2.65 bits per heavy atom. The summed E-state index contributed by atoms with van der Waals surface area (Å²) in [4.78, 5) is 37.8. The fourth-order valence-electron chi connectivity index (χ4n) is 9.01. The van der Waals surface area contributed by atoms with Gasteiger partial charge in [-0.15, -0.1) is 0 Å². The summed E-state index contributed by atoms with van der Waals surface area (Å²) >= 11 is 0. The average Bonchev–Trinajstić information content (AvgIpc) is 3.21. The first-order valence-electron chi connectivity index (χ1n) is 11.8. The van der Waals surface area contributed by atoms with Crippen LogP contribution in [0.25, 0.3) is 0 Å². The van der Waals surface area contributed by atoms with Gasteiger partial charge in [-0.1, -0.05) is 26.3 Å². The summed E-state index contributed by atoms with van der Waals surface area (Å²) in [5.74, 6) is -0.268. The van der Waals surface area contributed by atoms with Gasteiger partial charge in [0.05, 0.1) is 19.1 Å². The third-order valence-electron chi connectivity index (χ3n) is 10.5. The molecule has 2 spiro atoms. The highest BCUT2D eigenvalue weighted by atomic mass is 16.6. The standard InChI is InChI=1S/C25H32O6/c1-13-11-22(2)14(10-17(13)26)9-15(21(28)29-4)20-16-5-7-24(8-6-19(27)31-24)23(16,3)12-18-25(20,22)30-18/h10,13,15-16,18,20H,5-9,11-12H2,1-4H3/t13?,15-,16?,18+,20?,22+,23+,24-,25-/m1/s1. The normalized spacial score (nSPS) is 54.3. The number of hydrogen-bond donors (Lipinski definition) is 0. The zero-order valence-corrected chi connectivity index (χ0v) is 18.9. The molecule has 5 fully saturated rings. The second-order valence-electron chi connectivity index (χ2n) is 11.5. The highest BCUT2D eigenvalue weighted by molar-refractivity contribution is 5.94. The van der Waals surface area contributed by atoms with Gasteiger partial charge in [0.25, 0.3) is 0 Å². The number of ketones is 1. The maximum Gasteiger partial charge on any atom is 0.309 e. The summed E-state index contributed by atoms with van der Waals surface area (Å²) in [5, 5.41) is 0. The van der Waals surface area contributed by atoms with Crippen molar-refractivity contribution in [3.05, 3.63) is 11.6 Å². The van der Waals surface area contributed by atoms with Gasteiger partial charge in [-0.2, -0.15) is 0 Å². The predicted molar refractivity (Wildman–Crippen MR) is 110 cm³/mol. The van der Waals surface area contributed by atoms with E-state index in [9.17, 15) is 14.4 Å². The lowest BCUT2D eigenvalue weighted by atomic mass is 9.43. The van der Waals surface area contributed by atoms with Crippen molar-refractivity contribution in [1.29, 1.82) is 0 Å². The van der Waals surface area contributed by atoms with Crippen LogP contribution in [0.15, 0.2) is 11.6 Å². The molecule has 0 N–H and O–H groups in total. The Labute approximate surface area is 183 Å². The minimum absolute atomic E-state index is 0.0185. The van der Waals surface area contributed by atoms with Gasteiger partial charge in [0.1, 0.15) is 11.2 Å². The van der Waals surface area contributed by atoms with Crippen molar-refractivity contribution in [1.82, 2.24) is 0 Å². The molecule has 0 aromatic rings. The maximum atomic E-state index is 13.1. The first-order chi connectivity index (χ1) is 14.6. The summed E-state index contributed by atoms with van der Waals surface area (Å²) in [6, 6.07) is 0. The summed E-state index contributed by atoms with van der Waals surface area (Å²) in [7, 11) is 1.45. The number of hydrogen-bond acceptors (Lipinski definition) is 6. The Morgan fingerprint density at radius 2 is 1.97 bits per heavy atom. The predicted octanol–water partition coefficient (Wildman–Crippen LogP) is 3.37. The van der Waals surface area contributed by atoms with Crippen molar-refractivity contribution in [2.24, 2.45) is 34.5 Å². The first kappa shape index (κ1) is 20.0. The molecular weight excluding hydrogens is 396 g/mol. The molecule has 0 aromatic heterocycles. The molecule has 6 heteroatoms. The van der Waals surface area contributed by atoms with Gasteiger partial charge in [0.15, 0.2) is 5.78 Å². The Morgan fingerprint density at radius 1 is 1.19 bits per heavy atom. The van der Waals surface area contributed by atoms with Crippen LogP contribution in [0.5, 0.6) is 0 Å². The summed E-state index contributed by atoms with van der Waals surface area (Å²) < 4.78 is 18.0. The Balaban J connectivity index is 1.49. The van der Waals surface area contributed by atoms with Gasteiger partial charge in [-0.25, -0.2) is 0 Å². The molecule has 2 heterocycles. The van der Waals surface area contributed by atoms with Crippen LogP contribution >= 0.6 is 0 Å². The second kappa shape index (κ2) is 5.81. The monoisotopic (exact) mass is 428 g/mol. The van der Waals surface area contributed by atoms with Crippen LogP contribution in [0.4, 0.5) is 0 Å². The smallest absolute Gasteiger partial charge is 0.309 e. The van der Waals surface area contributed by atoms with Crippen LogP contribution in [0.1, 0.15) is 65.7 Å². The fourth-order valence-corrected chi connectivity index (χ4v) is 9.01. The van der Waals surface area contributed by atoms with E-state index in [1.165, 1.54) is 7.11 Å². The largest absolute Gasteiger partial charge is 0.469 e. The molecule has 6 nitrogen and oxygen atoms in total. The quantitative estimate of drug-likeness (QED) is 0.470. The molecule has 2 saturated heterocycles. The van der Waals surface area contributed by atoms with Gasteiger partial charge in [-0.3, -0.25) is 14.4 Å². The highest BCUT2D eigenvalue weighted by Gasteiger charge is 2.83. The van der Waals surface area contributed by atoms with E-state index < -0.39 is 11.2 Å². The van der Waals surface area contributed by atoms with Crippen molar-refractivity contribution in [2.75, 3.05) is 7.11 Å². The summed E-state index contributed by atoms with van der Waals surface area (Å²) in [5.41, 5.74) is -0.241. The van der Waals surface area contributed by atoms with Crippen molar-refractivity contribution in [3.8, 4) is 0 Å². The van der Waals surface area contributed by atoms with Gasteiger partial charge >= 0.3 is 11.9 Å². The van der Waals surface area contributed by atoms with E-state index in [1.807, 2.05) is 6.92 Å². The van der Waals surface area contributed by atoms with Crippen LogP contribution in [0, 0.1) is 34.5 Å². The third kappa shape index (κ3) is 2.11. The molecule has 31 heavy (non-hydrogen) atoms. The van der Waals surface area contributed by atoms with E-state index in [0.717, 1.165) is 37.7 Å².